The van der Waals surface area contributed by atoms with E-state index in [-0.39, 0.29) is 36.0 Å². The van der Waals surface area contributed by atoms with E-state index in [4.69, 9.17) is 1.37 Å². The van der Waals surface area contributed by atoms with Crippen molar-refractivity contribution in [2.45, 2.75) is 18.8 Å². The van der Waals surface area contributed by atoms with E-state index >= 15 is 0 Å². The maximum absolute atomic E-state index is 9.87. The summed E-state index contributed by atoms with van der Waals surface area (Å²) >= 11 is 0. The third-order valence-electron chi connectivity index (χ3n) is 15.2. The molecule has 0 radical (unpaired) electrons. The highest BCUT2D eigenvalue weighted by molar-refractivity contribution is 7.16. The molecule has 1 heterocycles. The van der Waals surface area contributed by atoms with Gasteiger partial charge in [-0.2, -0.15) is 0 Å². The van der Waals surface area contributed by atoms with Gasteiger partial charge in [-0.15, -0.1) is 0 Å². The number of hydrogen-bond acceptors (Lipinski definition) is 0. The van der Waals surface area contributed by atoms with Crippen molar-refractivity contribution < 1.29 is 6.85 Å². The van der Waals surface area contributed by atoms with Crippen LogP contribution in [0.5, 0.6) is 0 Å². The minimum Gasteiger partial charge on any atom is -0.309 e. The quantitative estimate of drug-likeness (QED) is 0.0732. The molecule has 3 aliphatic carbocycles. The van der Waals surface area contributed by atoms with Crippen molar-refractivity contribution in [3.8, 4) is 39.1 Å². The van der Waals surface area contributed by atoms with Crippen LogP contribution >= 0.6 is 0 Å². The third kappa shape index (κ3) is 6.59. The second-order valence-electron chi connectivity index (χ2n) is 18.7. The third-order valence-corrected chi connectivity index (χ3v) is 19.8. The zero-order valence-corrected chi connectivity index (χ0v) is 40.3. The fourth-order valence-electron chi connectivity index (χ4n) is 12.4. The molecule has 2 atom stereocenters. The Balaban J connectivity index is 1.09. The van der Waals surface area contributed by atoms with E-state index in [9.17, 15) is 5.48 Å². The molecule has 2 bridgehead atoms. The van der Waals surface area contributed by atoms with E-state index in [1.165, 1.54) is 44.5 Å². The van der Waals surface area contributed by atoms with Gasteiger partial charge in [-0.25, -0.2) is 0 Å². The van der Waals surface area contributed by atoms with E-state index < -0.39 is 14.1 Å². The Morgan fingerprint density at radius 2 is 1.03 bits per heavy atom. The van der Waals surface area contributed by atoms with Crippen molar-refractivity contribution in [2.24, 2.45) is 0 Å². The minimum absolute atomic E-state index is 0.136. The van der Waals surface area contributed by atoms with Crippen LogP contribution in [-0.4, -0.2) is 12.6 Å². The lowest BCUT2D eigenvalue weighted by atomic mass is 9.60. The normalized spacial score (nSPS) is 16.2. The highest BCUT2D eigenvalue weighted by atomic mass is 28.3. The molecule has 0 spiro atoms. The van der Waals surface area contributed by atoms with Crippen LogP contribution in [-0.2, 0) is 0 Å². The molecule has 10 aromatic carbocycles. The first-order chi connectivity index (χ1) is 37.2. The topological polar surface area (TPSA) is 4.93 Å². The van der Waals surface area contributed by atoms with Gasteiger partial charge in [0.1, 0.15) is 0 Å². The summed E-state index contributed by atoms with van der Waals surface area (Å²) in [6.45, 7) is 6.64. The fraction of sp³-hybridized carbons (Fsp3) is 0.0435. The first-order valence-electron chi connectivity index (χ1n) is 27.0. The maximum Gasteiger partial charge on any atom is 0.179 e. The molecule has 336 valence electrons. The SMILES string of the molecule is [2H]c1c([2H])c([2H])c([Si](/C(=C/C=C)C2=C(C)C3c4ccccc4C2c2c3cccc2-n2c3ccccc3c3cc(-c4c(-c5ccccc5)cccc4-c4ccccc4)ccc32)(c2ccccc2)c2ccccc2)c([2H])c1[2H]. The molecule has 1 aromatic heterocycles. The Bertz CT molecular complexity index is 4070. The van der Waals surface area contributed by atoms with E-state index in [1.807, 2.05) is 42.5 Å². The summed E-state index contributed by atoms with van der Waals surface area (Å²) in [5.41, 5.74) is 17.4. The van der Waals surface area contributed by atoms with Gasteiger partial charge in [-0.1, -0.05) is 255 Å². The van der Waals surface area contributed by atoms with Crippen LogP contribution in [0, 0.1) is 0 Å². The average Bonchev–Trinajstić information content (AvgIpc) is 3.97. The van der Waals surface area contributed by atoms with Crippen molar-refractivity contribution in [1.29, 1.82) is 0 Å². The molecule has 2 heteroatoms. The molecule has 0 saturated heterocycles. The van der Waals surface area contributed by atoms with Gasteiger partial charge in [0.25, 0.3) is 0 Å². The van der Waals surface area contributed by atoms with Gasteiger partial charge in [0, 0.05) is 22.6 Å². The first kappa shape index (κ1) is 37.3. The second-order valence-corrected chi connectivity index (χ2v) is 22.4. The number of rotatable bonds is 10. The van der Waals surface area contributed by atoms with Crippen molar-refractivity contribution in [3.63, 3.8) is 0 Å². The Morgan fingerprint density at radius 1 is 0.493 bits per heavy atom. The van der Waals surface area contributed by atoms with Crippen LogP contribution < -0.4 is 15.6 Å². The van der Waals surface area contributed by atoms with Crippen LogP contribution in [0.25, 0.3) is 60.9 Å². The van der Waals surface area contributed by atoms with Crippen LogP contribution in [0.2, 0.25) is 0 Å². The van der Waals surface area contributed by atoms with Crippen molar-refractivity contribution in [1.82, 2.24) is 4.57 Å². The minimum atomic E-state index is -3.90. The molecule has 0 saturated carbocycles. The van der Waals surface area contributed by atoms with E-state index in [0.29, 0.717) is 5.19 Å². The summed E-state index contributed by atoms with van der Waals surface area (Å²) < 4.78 is 49.4. The van der Waals surface area contributed by atoms with E-state index in [1.54, 1.807) is 0 Å². The van der Waals surface area contributed by atoms with Gasteiger partial charge in [0.2, 0.25) is 0 Å². The molecule has 2 unspecified atom stereocenters. The highest BCUT2D eigenvalue weighted by Gasteiger charge is 2.51. The number of allylic oxidation sites excluding steroid dienone is 5. The first-order valence-corrected chi connectivity index (χ1v) is 26.5. The average molecular weight is 927 g/mol. The lowest BCUT2D eigenvalue weighted by molar-refractivity contribution is 0.734. The number of aromatic nitrogens is 1. The maximum atomic E-state index is 9.87. The summed E-state index contributed by atoms with van der Waals surface area (Å²) in [4.78, 5) is 0. The monoisotopic (exact) mass is 926 g/mol. The van der Waals surface area contributed by atoms with Crippen molar-refractivity contribution in [3.05, 3.63) is 312 Å². The van der Waals surface area contributed by atoms with E-state index in [2.05, 4.69) is 212 Å². The number of nitrogens with zero attached hydrogens (tertiary/aromatic N) is 1. The molecule has 0 fully saturated rings. The molecule has 11 aromatic rings. The molecule has 0 amide bonds. The lowest BCUT2D eigenvalue weighted by Crippen LogP contribution is -2.69. The Hall–Kier alpha value is -8.56. The zero-order valence-electron chi connectivity index (χ0n) is 44.3. The molecular weight excluding hydrogens is 871 g/mol. The van der Waals surface area contributed by atoms with Crippen molar-refractivity contribution >= 4 is 45.4 Å². The largest absolute Gasteiger partial charge is 0.309 e. The van der Waals surface area contributed by atoms with Crippen LogP contribution in [0.3, 0.4) is 0 Å². The number of fused-ring (bicyclic) bond motifs is 3. The number of hydrogen-bond donors (Lipinski definition) is 0. The summed E-state index contributed by atoms with van der Waals surface area (Å²) in [7, 11) is -3.90. The van der Waals surface area contributed by atoms with Gasteiger partial charge in [-0.05, 0) is 113 Å². The molecule has 71 heavy (non-hydrogen) atoms. The Kier molecular flexibility index (Phi) is 9.17. The van der Waals surface area contributed by atoms with Gasteiger partial charge >= 0.3 is 0 Å². The summed E-state index contributed by atoms with van der Waals surface area (Å²) in [5, 5.41) is 5.40. The number of benzene rings is 10. The molecule has 0 aliphatic heterocycles. The molecule has 3 aliphatic rings. The van der Waals surface area contributed by atoms with Gasteiger partial charge < -0.3 is 4.57 Å². The fourth-order valence-corrected chi connectivity index (χ4v) is 17.2. The summed E-state index contributed by atoms with van der Waals surface area (Å²) in [6, 6.07) is 78.2. The standard InChI is InChI=1S/C69H51NSi/c1-3-25-64(71(51-30-13-6-14-31-51,52-32-15-7-16-33-52)53-34-17-8-18-35-53)66-47(2)65-57-37-19-20-38-58(57)69(66)68-59(65)41-24-43-63(68)70-61-42-22-21-36-56(61)60-46-50(44-45-62(60)70)67-54(48-26-9-4-10-27-48)39-23-40-55(67)49-28-11-5-12-29-49/h3-46,65,69H,1H2,2H3/b64-25+/i6D,13D,14D,30D,31D. The van der Waals surface area contributed by atoms with Crippen LogP contribution in [0.1, 0.15) is 47.9 Å². The van der Waals surface area contributed by atoms with E-state index in [0.717, 1.165) is 65.3 Å². The Labute approximate surface area is 424 Å². The predicted molar refractivity (Wildman–Crippen MR) is 302 cm³/mol. The van der Waals surface area contributed by atoms with Crippen molar-refractivity contribution in [2.75, 3.05) is 0 Å². The van der Waals surface area contributed by atoms with Gasteiger partial charge in [-0.3, -0.25) is 0 Å². The Morgan fingerprint density at radius 3 is 1.66 bits per heavy atom. The second kappa shape index (κ2) is 17.4. The molecule has 1 nitrogen and oxygen atoms in total. The zero-order chi connectivity index (χ0) is 51.8. The van der Waals surface area contributed by atoms with Gasteiger partial charge in [0.15, 0.2) is 8.07 Å². The van der Waals surface area contributed by atoms with Crippen LogP contribution in [0.4, 0.5) is 0 Å². The summed E-state index contributed by atoms with van der Waals surface area (Å²) in [5.74, 6) is -0.451. The lowest BCUT2D eigenvalue weighted by Gasteiger charge is -2.48. The molecule has 14 rings (SSSR count). The summed E-state index contributed by atoms with van der Waals surface area (Å²) in [6.07, 6.45) is 3.94. The molecular formula is C69H51NSi. The predicted octanol–water partition coefficient (Wildman–Crippen LogP) is 15.5. The smallest absolute Gasteiger partial charge is 0.179 e. The van der Waals surface area contributed by atoms with Crippen LogP contribution in [0.15, 0.2) is 290 Å². The molecule has 0 N–H and O–H groups in total. The highest BCUT2D eigenvalue weighted by Crippen LogP contribution is 2.59. The van der Waals surface area contributed by atoms with Gasteiger partial charge in [0.05, 0.1) is 23.6 Å². The number of para-hydroxylation sites is 1.